The molecule has 3 nitrogen and oxygen atoms in total. The van der Waals surface area contributed by atoms with Crippen LogP contribution in [0.2, 0.25) is 0 Å². The molecular formula is C12H22N2O. The fourth-order valence-electron chi connectivity index (χ4n) is 3.22. The van der Waals surface area contributed by atoms with Crippen LogP contribution in [0.25, 0.3) is 0 Å². The second kappa shape index (κ2) is 3.72. The lowest BCUT2D eigenvalue weighted by molar-refractivity contribution is -0.130. The minimum absolute atomic E-state index is 0.186. The molecule has 2 aliphatic heterocycles. The van der Waals surface area contributed by atoms with E-state index in [4.69, 9.17) is 4.74 Å². The van der Waals surface area contributed by atoms with Gasteiger partial charge in [-0.15, -0.1) is 0 Å². The molecule has 0 bridgehead atoms. The number of hydrogen-bond donors (Lipinski definition) is 1. The van der Waals surface area contributed by atoms with Crippen LogP contribution >= 0.6 is 0 Å². The maximum absolute atomic E-state index is 6.18. The van der Waals surface area contributed by atoms with E-state index < -0.39 is 0 Å². The lowest BCUT2D eigenvalue weighted by atomic mass is 9.80. The quantitative estimate of drug-likeness (QED) is 0.694. The number of likely N-dealkylation sites (tertiary alicyclic amines) is 1. The summed E-state index contributed by atoms with van der Waals surface area (Å²) in [5, 5.41) is 3.71. The van der Waals surface area contributed by atoms with Gasteiger partial charge in [0.05, 0.1) is 12.2 Å². The SMILES string of the molecule is CN1CCC2(CC1)OCCNC2C1CC1. The third-order valence-corrected chi connectivity index (χ3v) is 4.35. The smallest absolute Gasteiger partial charge is 0.0862 e. The highest BCUT2D eigenvalue weighted by atomic mass is 16.5. The predicted molar refractivity (Wildman–Crippen MR) is 59.9 cm³/mol. The Morgan fingerprint density at radius 1 is 1.27 bits per heavy atom. The monoisotopic (exact) mass is 210 g/mol. The number of morpholine rings is 1. The van der Waals surface area contributed by atoms with Crippen LogP contribution in [-0.2, 0) is 4.74 Å². The Morgan fingerprint density at radius 2 is 2.00 bits per heavy atom. The third kappa shape index (κ3) is 1.81. The zero-order valence-corrected chi connectivity index (χ0v) is 9.67. The third-order valence-electron chi connectivity index (χ3n) is 4.35. The Hall–Kier alpha value is -0.120. The van der Waals surface area contributed by atoms with Crippen molar-refractivity contribution in [1.82, 2.24) is 10.2 Å². The number of hydrogen-bond acceptors (Lipinski definition) is 3. The van der Waals surface area contributed by atoms with Gasteiger partial charge in [-0.3, -0.25) is 0 Å². The molecule has 1 aliphatic carbocycles. The van der Waals surface area contributed by atoms with Crippen molar-refractivity contribution >= 4 is 0 Å². The van der Waals surface area contributed by atoms with Gasteiger partial charge in [-0.1, -0.05) is 0 Å². The van der Waals surface area contributed by atoms with Crippen LogP contribution in [-0.4, -0.2) is 49.8 Å². The number of nitrogens with one attached hydrogen (secondary N) is 1. The van der Waals surface area contributed by atoms with Crippen molar-refractivity contribution in [3.63, 3.8) is 0 Å². The van der Waals surface area contributed by atoms with E-state index >= 15 is 0 Å². The van der Waals surface area contributed by atoms with E-state index in [2.05, 4.69) is 17.3 Å². The van der Waals surface area contributed by atoms with Crippen LogP contribution in [0.1, 0.15) is 25.7 Å². The van der Waals surface area contributed by atoms with Crippen molar-refractivity contribution in [1.29, 1.82) is 0 Å². The van der Waals surface area contributed by atoms with Crippen LogP contribution < -0.4 is 5.32 Å². The maximum Gasteiger partial charge on any atom is 0.0862 e. The second-order valence-electron chi connectivity index (χ2n) is 5.49. The van der Waals surface area contributed by atoms with Gasteiger partial charge < -0.3 is 15.0 Å². The number of nitrogens with zero attached hydrogens (tertiary/aromatic N) is 1. The molecule has 2 saturated heterocycles. The molecule has 0 amide bonds. The molecule has 3 heteroatoms. The largest absolute Gasteiger partial charge is 0.372 e. The summed E-state index contributed by atoms with van der Waals surface area (Å²) in [6.45, 7) is 4.36. The molecule has 3 rings (SSSR count). The number of rotatable bonds is 1. The molecule has 1 atom stereocenters. The predicted octanol–water partition coefficient (Wildman–Crippen LogP) is 0.849. The number of piperidine rings is 1. The Bertz CT molecular complexity index is 232. The maximum atomic E-state index is 6.18. The summed E-state index contributed by atoms with van der Waals surface area (Å²) in [6, 6.07) is 0.653. The Balaban J connectivity index is 1.74. The molecule has 0 aromatic heterocycles. The van der Waals surface area contributed by atoms with Crippen molar-refractivity contribution in [2.24, 2.45) is 5.92 Å². The van der Waals surface area contributed by atoms with Crippen molar-refractivity contribution < 1.29 is 4.74 Å². The normalized spacial score (nSPS) is 37.0. The van der Waals surface area contributed by atoms with Crippen LogP contribution in [0.5, 0.6) is 0 Å². The van der Waals surface area contributed by atoms with E-state index in [0.29, 0.717) is 6.04 Å². The molecule has 0 radical (unpaired) electrons. The van der Waals surface area contributed by atoms with Gasteiger partial charge in [0, 0.05) is 25.7 Å². The van der Waals surface area contributed by atoms with Gasteiger partial charge in [0.2, 0.25) is 0 Å². The first-order valence-electron chi connectivity index (χ1n) is 6.36. The van der Waals surface area contributed by atoms with Gasteiger partial charge in [0.25, 0.3) is 0 Å². The van der Waals surface area contributed by atoms with E-state index in [0.717, 1.165) is 19.1 Å². The molecule has 1 spiro atoms. The summed E-state index contributed by atoms with van der Waals surface area (Å²) in [6.07, 6.45) is 5.27. The molecule has 0 aromatic rings. The molecule has 1 N–H and O–H groups in total. The molecule has 86 valence electrons. The summed E-state index contributed by atoms with van der Waals surface area (Å²) in [5.41, 5.74) is 0.186. The first-order valence-corrected chi connectivity index (χ1v) is 6.36. The van der Waals surface area contributed by atoms with Crippen LogP contribution in [0.3, 0.4) is 0 Å². The zero-order valence-electron chi connectivity index (χ0n) is 9.67. The van der Waals surface area contributed by atoms with Crippen LogP contribution in [0.4, 0.5) is 0 Å². The molecule has 3 fully saturated rings. The van der Waals surface area contributed by atoms with Crippen LogP contribution in [0, 0.1) is 5.92 Å². The highest BCUT2D eigenvalue weighted by Crippen LogP contribution is 2.43. The minimum Gasteiger partial charge on any atom is -0.372 e. The van der Waals surface area contributed by atoms with Crippen molar-refractivity contribution in [3.05, 3.63) is 0 Å². The lowest BCUT2D eigenvalue weighted by Crippen LogP contribution is -2.62. The molecule has 1 saturated carbocycles. The van der Waals surface area contributed by atoms with Gasteiger partial charge in [-0.05, 0) is 38.6 Å². The van der Waals surface area contributed by atoms with Gasteiger partial charge in [0.1, 0.15) is 0 Å². The van der Waals surface area contributed by atoms with Gasteiger partial charge in [-0.25, -0.2) is 0 Å². The summed E-state index contributed by atoms with van der Waals surface area (Å²) >= 11 is 0. The van der Waals surface area contributed by atoms with Gasteiger partial charge in [-0.2, -0.15) is 0 Å². The van der Waals surface area contributed by atoms with E-state index in [1.807, 2.05) is 0 Å². The summed E-state index contributed by atoms with van der Waals surface area (Å²) in [5.74, 6) is 0.911. The zero-order chi connectivity index (χ0) is 10.3. The summed E-state index contributed by atoms with van der Waals surface area (Å²) in [7, 11) is 2.22. The molecule has 2 heterocycles. The Labute approximate surface area is 92.2 Å². The van der Waals surface area contributed by atoms with Gasteiger partial charge in [0.15, 0.2) is 0 Å². The van der Waals surface area contributed by atoms with E-state index in [-0.39, 0.29) is 5.60 Å². The Morgan fingerprint density at radius 3 is 2.67 bits per heavy atom. The highest BCUT2D eigenvalue weighted by molar-refractivity contribution is 5.05. The van der Waals surface area contributed by atoms with Crippen molar-refractivity contribution in [3.8, 4) is 0 Å². The van der Waals surface area contributed by atoms with Gasteiger partial charge >= 0.3 is 0 Å². The van der Waals surface area contributed by atoms with E-state index in [1.54, 1.807) is 0 Å². The topological polar surface area (TPSA) is 24.5 Å². The first-order chi connectivity index (χ1) is 7.30. The first kappa shape index (κ1) is 10.1. The molecule has 15 heavy (non-hydrogen) atoms. The average molecular weight is 210 g/mol. The fraction of sp³-hybridized carbons (Fsp3) is 1.00. The minimum atomic E-state index is 0.186. The summed E-state index contributed by atoms with van der Waals surface area (Å²) in [4.78, 5) is 2.42. The highest BCUT2D eigenvalue weighted by Gasteiger charge is 2.49. The lowest BCUT2D eigenvalue weighted by Gasteiger charge is -2.49. The number of ether oxygens (including phenoxy) is 1. The molecule has 1 unspecified atom stereocenters. The standard InChI is InChI=1S/C12H22N2O/c1-14-7-4-12(5-8-14)11(10-2-3-10)13-6-9-15-12/h10-11,13H,2-9H2,1H3. The molecule has 3 aliphatic rings. The van der Waals surface area contributed by atoms with Crippen molar-refractivity contribution in [2.75, 3.05) is 33.3 Å². The van der Waals surface area contributed by atoms with Crippen molar-refractivity contribution in [2.45, 2.75) is 37.3 Å². The summed E-state index contributed by atoms with van der Waals surface area (Å²) < 4.78 is 6.18. The van der Waals surface area contributed by atoms with Crippen LogP contribution in [0.15, 0.2) is 0 Å². The van der Waals surface area contributed by atoms with E-state index in [9.17, 15) is 0 Å². The Kier molecular flexibility index (Phi) is 2.49. The fourth-order valence-corrected chi connectivity index (χ4v) is 3.22. The molecular weight excluding hydrogens is 188 g/mol. The molecule has 0 aromatic carbocycles. The average Bonchev–Trinajstić information content (AvgIpc) is 3.07. The second-order valence-corrected chi connectivity index (χ2v) is 5.49. The van der Waals surface area contributed by atoms with E-state index in [1.165, 1.54) is 38.8 Å².